The molecule has 0 aromatic heterocycles. The van der Waals surface area contributed by atoms with E-state index in [2.05, 4.69) is 11.6 Å². The monoisotopic (exact) mass is 195 g/mol. The lowest BCUT2D eigenvalue weighted by Gasteiger charge is -1.96. The summed E-state index contributed by atoms with van der Waals surface area (Å²) < 4.78 is 0. The highest BCUT2D eigenvalue weighted by Crippen LogP contribution is 2.25. The van der Waals surface area contributed by atoms with E-state index in [4.69, 9.17) is 0 Å². The number of hydrogen-bond donors (Lipinski definition) is 1. The van der Waals surface area contributed by atoms with Crippen LogP contribution in [0.1, 0.15) is 0 Å². The van der Waals surface area contributed by atoms with Crippen molar-refractivity contribution in [2.45, 2.75) is 0 Å². The van der Waals surface area contributed by atoms with Gasteiger partial charge in [0.1, 0.15) is 11.4 Å². The minimum Gasteiger partial charge on any atom is -0.505 e. The standard InChI is InChI=1S/C13H9NO/c1-8-6-7-10-9-4-2-3-5-11(9)14-12(10)13(8)15/h2-7,15H,1H2. The molecule has 2 aromatic carbocycles. The third-order valence-corrected chi connectivity index (χ3v) is 2.66. The van der Waals surface area contributed by atoms with Crippen LogP contribution in [0.15, 0.2) is 41.4 Å². The molecule has 15 heavy (non-hydrogen) atoms. The van der Waals surface area contributed by atoms with E-state index < -0.39 is 0 Å². The van der Waals surface area contributed by atoms with Crippen LogP contribution in [0, 0.1) is 10.4 Å². The second-order valence-electron chi connectivity index (χ2n) is 3.60. The van der Waals surface area contributed by atoms with Crippen molar-refractivity contribution in [2.24, 2.45) is 4.99 Å². The zero-order valence-corrected chi connectivity index (χ0v) is 8.07. The van der Waals surface area contributed by atoms with Gasteiger partial charge in [0.15, 0.2) is 0 Å². The summed E-state index contributed by atoms with van der Waals surface area (Å²) in [6, 6.07) is 11.6. The molecule has 1 N–H and O–H groups in total. The lowest BCUT2D eigenvalue weighted by Crippen LogP contribution is -1.97. The van der Waals surface area contributed by atoms with Gasteiger partial charge < -0.3 is 5.11 Å². The van der Waals surface area contributed by atoms with E-state index in [-0.39, 0.29) is 5.75 Å². The van der Waals surface area contributed by atoms with Gasteiger partial charge in [-0.05, 0) is 6.07 Å². The van der Waals surface area contributed by atoms with Crippen molar-refractivity contribution in [1.82, 2.24) is 0 Å². The van der Waals surface area contributed by atoms with Crippen molar-refractivity contribution in [2.75, 3.05) is 0 Å². The van der Waals surface area contributed by atoms with Crippen LogP contribution in [-0.4, -0.2) is 5.11 Å². The molecule has 0 bridgehead atoms. The molecule has 0 atom stereocenters. The van der Waals surface area contributed by atoms with Gasteiger partial charge in [-0.3, -0.25) is 0 Å². The summed E-state index contributed by atoms with van der Waals surface area (Å²) in [5, 5.41) is 13.4. The number of benzene rings is 2. The van der Waals surface area contributed by atoms with Crippen LogP contribution in [0.25, 0.3) is 6.58 Å². The number of fused-ring (bicyclic) bond motifs is 2. The molecule has 3 rings (SSSR count). The Hall–Kier alpha value is -2.09. The third kappa shape index (κ3) is 1.02. The number of aromatic hydroxyl groups is 1. The normalized spacial score (nSPS) is 11.7. The molecule has 72 valence electrons. The zero-order chi connectivity index (χ0) is 10.4. The Morgan fingerprint density at radius 2 is 1.80 bits per heavy atom. The van der Waals surface area contributed by atoms with Crippen molar-refractivity contribution in [3.05, 3.63) is 57.4 Å². The molecule has 1 aliphatic rings. The van der Waals surface area contributed by atoms with E-state index in [0.717, 1.165) is 15.8 Å². The quantitative estimate of drug-likeness (QED) is 0.577. The van der Waals surface area contributed by atoms with Crippen molar-refractivity contribution < 1.29 is 5.11 Å². The maximum absolute atomic E-state index is 9.83. The summed E-state index contributed by atoms with van der Waals surface area (Å²) in [4.78, 5) is 4.39. The largest absolute Gasteiger partial charge is 0.505 e. The Kier molecular flexibility index (Phi) is 1.48. The molecule has 0 spiro atoms. The number of phenolic OH excluding ortho intramolecular Hbond substituents is 1. The van der Waals surface area contributed by atoms with Crippen LogP contribution >= 0.6 is 0 Å². The second kappa shape index (κ2) is 2.70. The van der Waals surface area contributed by atoms with E-state index in [1.54, 1.807) is 0 Å². The van der Waals surface area contributed by atoms with Gasteiger partial charge in [-0.1, -0.05) is 36.9 Å². The molecule has 0 unspecified atom stereocenters. The summed E-state index contributed by atoms with van der Waals surface area (Å²) in [5.74, 6) is 0.184. The molecule has 0 amide bonds. The first-order valence-corrected chi connectivity index (χ1v) is 4.76. The van der Waals surface area contributed by atoms with E-state index in [9.17, 15) is 5.11 Å². The molecule has 0 radical (unpaired) electrons. The van der Waals surface area contributed by atoms with Gasteiger partial charge in [-0.2, -0.15) is 0 Å². The van der Waals surface area contributed by atoms with E-state index >= 15 is 0 Å². The SMILES string of the molecule is C=c1ccc2c(c1O)N=c1ccccc1=2. The highest BCUT2D eigenvalue weighted by molar-refractivity contribution is 5.56. The molecule has 0 saturated carbocycles. The minimum absolute atomic E-state index is 0.184. The Labute approximate surface area is 86.2 Å². The fourth-order valence-electron chi connectivity index (χ4n) is 1.87. The first kappa shape index (κ1) is 8.24. The Balaban J connectivity index is 2.68. The molecule has 1 aliphatic heterocycles. The molecular weight excluding hydrogens is 186 g/mol. The minimum atomic E-state index is 0.184. The maximum atomic E-state index is 9.83. The fourth-order valence-corrected chi connectivity index (χ4v) is 1.87. The van der Waals surface area contributed by atoms with Gasteiger partial charge in [0.25, 0.3) is 0 Å². The van der Waals surface area contributed by atoms with Gasteiger partial charge in [-0.25, -0.2) is 4.99 Å². The molecule has 2 heteroatoms. The van der Waals surface area contributed by atoms with E-state index in [1.165, 1.54) is 0 Å². The van der Waals surface area contributed by atoms with Crippen molar-refractivity contribution >= 4 is 12.3 Å². The lowest BCUT2D eigenvalue weighted by molar-refractivity contribution is 0.472. The summed E-state index contributed by atoms with van der Waals surface area (Å²) in [5.41, 5.74) is 0.642. The summed E-state index contributed by atoms with van der Waals surface area (Å²) >= 11 is 0. The highest BCUT2D eigenvalue weighted by Gasteiger charge is 2.07. The van der Waals surface area contributed by atoms with Crippen LogP contribution in [0.2, 0.25) is 0 Å². The Morgan fingerprint density at radius 1 is 1.00 bits per heavy atom. The van der Waals surface area contributed by atoms with Crippen molar-refractivity contribution in [3.63, 3.8) is 0 Å². The van der Waals surface area contributed by atoms with Crippen LogP contribution in [0.5, 0.6) is 5.75 Å². The predicted octanol–water partition coefficient (Wildman–Crippen LogP) is 1.35. The summed E-state index contributed by atoms with van der Waals surface area (Å²) in [6.07, 6.45) is 0. The third-order valence-electron chi connectivity index (χ3n) is 2.66. The number of para-hydroxylation sites is 1. The van der Waals surface area contributed by atoms with Gasteiger partial charge in [0.05, 0.1) is 5.36 Å². The molecule has 0 aliphatic carbocycles. The number of phenols is 1. The lowest BCUT2D eigenvalue weighted by atomic mass is 10.2. The first-order chi connectivity index (χ1) is 7.27. The average Bonchev–Trinajstić information content (AvgIpc) is 2.63. The van der Waals surface area contributed by atoms with Gasteiger partial charge in [0.2, 0.25) is 0 Å². The van der Waals surface area contributed by atoms with Crippen molar-refractivity contribution in [3.8, 4) is 5.75 Å². The number of nitrogens with zero attached hydrogens (tertiary/aromatic N) is 1. The smallest absolute Gasteiger partial charge is 0.148 e. The van der Waals surface area contributed by atoms with Crippen molar-refractivity contribution in [1.29, 1.82) is 0 Å². The molecule has 1 heterocycles. The van der Waals surface area contributed by atoms with Gasteiger partial charge >= 0.3 is 0 Å². The summed E-state index contributed by atoms with van der Waals surface area (Å²) in [7, 11) is 0. The first-order valence-electron chi connectivity index (χ1n) is 4.76. The maximum Gasteiger partial charge on any atom is 0.148 e. The predicted molar refractivity (Wildman–Crippen MR) is 58.2 cm³/mol. The molecular formula is C13H9NO. The van der Waals surface area contributed by atoms with Gasteiger partial charge in [-0.15, -0.1) is 0 Å². The van der Waals surface area contributed by atoms with Crippen LogP contribution < -0.4 is 10.6 Å². The van der Waals surface area contributed by atoms with Crippen LogP contribution in [0.4, 0.5) is 5.69 Å². The molecule has 2 nitrogen and oxygen atoms in total. The zero-order valence-electron chi connectivity index (χ0n) is 8.07. The topological polar surface area (TPSA) is 32.6 Å². The number of rotatable bonds is 0. The van der Waals surface area contributed by atoms with Crippen LogP contribution in [0.3, 0.4) is 0 Å². The Morgan fingerprint density at radius 3 is 2.67 bits per heavy atom. The molecule has 0 saturated heterocycles. The molecule has 2 aromatic rings. The van der Waals surface area contributed by atoms with E-state index in [1.807, 2.05) is 36.4 Å². The highest BCUT2D eigenvalue weighted by atomic mass is 16.3. The second-order valence-corrected chi connectivity index (χ2v) is 3.60. The fraction of sp³-hybridized carbons (Fsp3) is 0. The Bertz CT molecular complexity index is 747. The number of hydrogen-bond acceptors (Lipinski definition) is 2. The average molecular weight is 195 g/mol. The van der Waals surface area contributed by atoms with E-state index in [0.29, 0.717) is 10.9 Å². The van der Waals surface area contributed by atoms with Crippen LogP contribution in [-0.2, 0) is 0 Å². The van der Waals surface area contributed by atoms with Gasteiger partial charge in [0, 0.05) is 15.7 Å². The molecule has 0 fully saturated rings. The summed E-state index contributed by atoms with van der Waals surface area (Å²) in [6.45, 7) is 3.75.